The number of ether oxygens (including phenoxy) is 3. The highest BCUT2D eigenvalue weighted by molar-refractivity contribution is 5.90. The number of carbonyl (C=O) groups is 1. The zero-order chi connectivity index (χ0) is 22.3. The molecular weight excluding hydrogens is 376 g/mol. The summed E-state index contributed by atoms with van der Waals surface area (Å²) in [6, 6.07) is 15.6. The standard InChI is InChI=1S/C26H36O4/c1-18(2)24(26(5,6)7)21-12-14-22(15-13-21)30-20(4)28-16-17-29-25(27)23-11-9-8-10-19(23)3/h8-15,18,20,24H,16-17H2,1-7H3. The van der Waals surface area contributed by atoms with Crippen LogP contribution in [0.3, 0.4) is 0 Å². The van der Waals surface area contributed by atoms with Crippen LogP contribution in [0.25, 0.3) is 0 Å². The topological polar surface area (TPSA) is 44.8 Å². The first-order valence-electron chi connectivity index (χ1n) is 10.7. The molecule has 4 heteroatoms. The van der Waals surface area contributed by atoms with Gasteiger partial charge in [-0.25, -0.2) is 4.79 Å². The Morgan fingerprint density at radius 3 is 2.13 bits per heavy atom. The van der Waals surface area contributed by atoms with E-state index in [1.807, 2.05) is 44.2 Å². The van der Waals surface area contributed by atoms with E-state index in [1.54, 1.807) is 6.07 Å². The molecule has 2 unspecified atom stereocenters. The van der Waals surface area contributed by atoms with E-state index in [0.717, 1.165) is 11.3 Å². The minimum absolute atomic E-state index is 0.182. The first-order chi connectivity index (χ1) is 14.1. The molecule has 0 aliphatic rings. The molecule has 2 atom stereocenters. The highest BCUT2D eigenvalue weighted by Crippen LogP contribution is 2.40. The lowest BCUT2D eigenvalue weighted by Crippen LogP contribution is -2.23. The van der Waals surface area contributed by atoms with E-state index in [1.165, 1.54) is 5.56 Å². The van der Waals surface area contributed by atoms with Crippen molar-refractivity contribution >= 4 is 5.97 Å². The Balaban J connectivity index is 1.80. The van der Waals surface area contributed by atoms with Crippen LogP contribution in [0.1, 0.15) is 68.9 Å². The summed E-state index contributed by atoms with van der Waals surface area (Å²) >= 11 is 0. The zero-order valence-electron chi connectivity index (χ0n) is 19.4. The number of rotatable bonds is 9. The van der Waals surface area contributed by atoms with E-state index in [-0.39, 0.29) is 24.6 Å². The van der Waals surface area contributed by atoms with Gasteiger partial charge >= 0.3 is 5.97 Å². The Morgan fingerprint density at radius 1 is 0.933 bits per heavy atom. The molecule has 30 heavy (non-hydrogen) atoms. The van der Waals surface area contributed by atoms with Crippen molar-refractivity contribution in [1.82, 2.24) is 0 Å². The molecule has 0 heterocycles. The highest BCUT2D eigenvalue weighted by atomic mass is 16.7. The number of hydrogen-bond donors (Lipinski definition) is 0. The van der Waals surface area contributed by atoms with Crippen molar-refractivity contribution in [3.63, 3.8) is 0 Å². The van der Waals surface area contributed by atoms with Crippen LogP contribution in [0.2, 0.25) is 0 Å². The molecule has 164 valence electrons. The van der Waals surface area contributed by atoms with Crippen LogP contribution in [0, 0.1) is 18.3 Å². The summed E-state index contributed by atoms with van der Waals surface area (Å²) in [6.07, 6.45) is -0.434. The van der Waals surface area contributed by atoms with E-state index in [0.29, 0.717) is 17.4 Å². The number of aryl methyl sites for hydroxylation is 1. The van der Waals surface area contributed by atoms with Gasteiger partial charge in [-0.2, -0.15) is 0 Å². The van der Waals surface area contributed by atoms with E-state index < -0.39 is 6.29 Å². The summed E-state index contributed by atoms with van der Waals surface area (Å²) in [6.45, 7) is 15.6. The molecule has 0 spiro atoms. The van der Waals surface area contributed by atoms with E-state index >= 15 is 0 Å². The van der Waals surface area contributed by atoms with Gasteiger partial charge in [-0.3, -0.25) is 0 Å². The summed E-state index contributed by atoms with van der Waals surface area (Å²) in [5.41, 5.74) is 3.00. The third-order valence-electron chi connectivity index (χ3n) is 5.17. The number of benzene rings is 2. The molecule has 0 aliphatic carbocycles. The van der Waals surface area contributed by atoms with E-state index in [9.17, 15) is 4.79 Å². The molecule has 0 N–H and O–H groups in total. The van der Waals surface area contributed by atoms with Gasteiger partial charge < -0.3 is 14.2 Å². The zero-order valence-corrected chi connectivity index (χ0v) is 19.4. The maximum Gasteiger partial charge on any atom is 0.338 e. The van der Waals surface area contributed by atoms with E-state index in [2.05, 4.69) is 46.8 Å². The van der Waals surface area contributed by atoms with Crippen molar-refractivity contribution < 1.29 is 19.0 Å². The van der Waals surface area contributed by atoms with Crippen molar-refractivity contribution in [3.05, 3.63) is 65.2 Å². The Morgan fingerprint density at radius 2 is 1.57 bits per heavy atom. The molecular formula is C26H36O4. The van der Waals surface area contributed by atoms with Gasteiger partial charge in [0.15, 0.2) is 6.29 Å². The van der Waals surface area contributed by atoms with Crippen molar-refractivity contribution in [3.8, 4) is 5.75 Å². The Labute approximate surface area is 181 Å². The minimum Gasteiger partial charge on any atom is -0.465 e. The first kappa shape index (κ1) is 23.9. The Bertz CT molecular complexity index is 803. The SMILES string of the molecule is Cc1ccccc1C(=O)OCCOC(C)Oc1ccc(C(C(C)C)C(C)(C)C)cc1. The fourth-order valence-corrected chi connectivity index (χ4v) is 4.09. The van der Waals surface area contributed by atoms with Crippen LogP contribution in [-0.4, -0.2) is 25.5 Å². The molecule has 0 aromatic heterocycles. The lowest BCUT2D eigenvalue weighted by atomic mass is 9.70. The largest absolute Gasteiger partial charge is 0.465 e. The van der Waals surface area contributed by atoms with Gasteiger partial charge in [0.25, 0.3) is 0 Å². The molecule has 0 fully saturated rings. The summed E-state index contributed by atoms with van der Waals surface area (Å²) < 4.78 is 16.8. The number of carbonyl (C=O) groups excluding carboxylic acids is 1. The smallest absolute Gasteiger partial charge is 0.338 e. The predicted molar refractivity (Wildman–Crippen MR) is 121 cm³/mol. The summed E-state index contributed by atoms with van der Waals surface area (Å²) in [5, 5.41) is 0. The number of esters is 1. The molecule has 0 bridgehead atoms. The van der Waals surface area contributed by atoms with Crippen molar-refractivity contribution in [2.24, 2.45) is 11.3 Å². The first-order valence-corrected chi connectivity index (χ1v) is 10.7. The predicted octanol–water partition coefficient (Wildman–Crippen LogP) is 6.38. The second kappa shape index (κ2) is 10.6. The fourth-order valence-electron chi connectivity index (χ4n) is 4.09. The van der Waals surface area contributed by atoms with Crippen LogP contribution in [0.15, 0.2) is 48.5 Å². The van der Waals surface area contributed by atoms with Gasteiger partial charge in [-0.1, -0.05) is 65.0 Å². The summed E-state index contributed by atoms with van der Waals surface area (Å²) in [7, 11) is 0. The monoisotopic (exact) mass is 412 g/mol. The normalized spacial score (nSPS) is 13.7. The average Bonchev–Trinajstić information content (AvgIpc) is 2.65. The van der Waals surface area contributed by atoms with Gasteiger partial charge in [-0.05, 0) is 60.4 Å². The molecule has 0 saturated heterocycles. The lowest BCUT2D eigenvalue weighted by Gasteiger charge is -2.34. The van der Waals surface area contributed by atoms with Crippen LogP contribution in [-0.2, 0) is 9.47 Å². The molecule has 2 aromatic carbocycles. The van der Waals surface area contributed by atoms with Gasteiger partial charge in [0, 0.05) is 0 Å². The molecule has 0 saturated carbocycles. The molecule has 0 aliphatic heterocycles. The van der Waals surface area contributed by atoms with E-state index in [4.69, 9.17) is 14.2 Å². The molecule has 0 amide bonds. The van der Waals surface area contributed by atoms with Crippen LogP contribution in [0.4, 0.5) is 0 Å². The lowest BCUT2D eigenvalue weighted by molar-refractivity contribution is -0.0784. The Hall–Kier alpha value is -2.33. The van der Waals surface area contributed by atoms with Gasteiger partial charge in [0.1, 0.15) is 12.4 Å². The van der Waals surface area contributed by atoms with Crippen molar-refractivity contribution in [1.29, 1.82) is 0 Å². The minimum atomic E-state index is -0.434. The third kappa shape index (κ3) is 6.88. The maximum atomic E-state index is 12.1. The Kier molecular flexibility index (Phi) is 8.48. The summed E-state index contributed by atoms with van der Waals surface area (Å²) in [4.78, 5) is 12.1. The maximum absolute atomic E-state index is 12.1. The molecule has 0 radical (unpaired) electrons. The molecule has 4 nitrogen and oxygen atoms in total. The van der Waals surface area contributed by atoms with Crippen molar-refractivity contribution in [2.75, 3.05) is 13.2 Å². The second-order valence-electron chi connectivity index (χ2n) is 9.16. The van der Waals surface area contributed by atoms with Crippen LogP contribution < -0.4 is 4.74 Å². The highest BCUT2D eigenvalue weighted by Gasteiger charge is 2.28. The van der Waals surface area contributed by atoms with Crippen LogP contribution >= 0.6 is 0 Å². The van der Waals surface area contributed by atoms with Gasteiger partial charge in [0.05, 0.1) is 12.2 Å². The van der Waals surface area contributed by atoms with Crippen LogP contribution in [0.5, 0.6) is 5.75 Å². The summed E-state index contributed by atoms with van der Waals surface area (Å²) in [5.74, 6) is 1.46. The quantitative estimate of drug-likeness (QED) is 0.272. The molecule has 2 rings (SSSR count). The van der Waals surface area contributed by atoms with Crippen molar-refractivity contribution in [2.45, 2.75) is 60.7 Å². The van der Waals surface area contributed by atoms with Gasteiger partial charge in [-0.15, -0.1) is 0 Å². The third-order valence-corrected chi connectivity index (χ3v) is 5.17. The number of hydrogen-bond acceptors (Lipinski definition) is 4. The van der Waals surface area contributed by atoms with Gasteiger partial charge in [0.2, 0.25) is 0 Å². The fraction of sp³-hybridized carbons (Fsp3) is 0.500. The second-order valence-corrected chi connectivity index (χ2v) is 9.16. The molecule has 2 aromatic rings. The average molecular weight is 413 g/mol.